The molecule has 0 fully saturated rings. The van der Waals surface area contributed by atoms with Gasteiger partial charge in [0.25, 0.3) is 10.0 Å². The zero-order valence-electron chi connectivity index (χ0n) is 10.5. The van der Waals surface area contributed by atoms with Crippen LogP contribution in [0.3, 0.4) is 0 Å². The van der Waals surface area contributed by atoms with Crippen LogP contribution in [0, 0.1) is 0 Å². The van der Waals surface area contributed by atoms with Crippen molar-refractivity contribution in [3.05, 3.63) is 47.3 Å². The second-order valence-electron chi connectivity index (χ2n) is 4.62. The van der Waals surface area contributed by atoms with Crippen LogP contribution in [0.25, 0.3) is 9.81 Å². The van der Waals surface area contributed by atoms with Gasteiger partial charge in [-0.05, 0) is 6.07 Å². The summed E-state index contributed by atoms with van der Waals surface area (Å²) < 4.78 is 31.8. The molecule has 2 aliphatic rings. The summed E-state index contributed by atoms with van der Waals surface area (Å²) in [5.41, 5.74) is 2.90. The highest BCUT2D eigenvalue weighted by Gasteiger charge is 2.40. The normalized spacial score (nSPS) is 19.4. The molecule has 7 heteroatoms. The summed E-state index contributed by atoms with van der Waals surface area (Å²) in [6.07, 6.45) is 1.52. The number of rotatable bonds is 0. The van der Waals surface area contributed by atoms with Crippen LogP contribution in [0.1, 0.15) is 16.8 Å². The van der Waals surface area contributed by atoms with Gasteiger partial charge in [-0.2, -0.15) is 0 Å². The Morgan fingerprint density at radius 2 is 2.15 bits per heavy atom. The van der Waals surface area contributed by atoms with Crippen LogP contribution in [0.15, 0.2) is 35.1 Å². The number of sulfonamides is 1. The summed E-state index contributed by atoms with van der Waals surface area (Å²) >= 11 is 1.52. The molecule has 1 aromatic heterocycles. The minimum absolute atomic E-state index is 0.263. The smallest absolute Gasteiger partial charge is 0.267 e. The number of nitrogens with zero attached hydrogens (tertiary/aromatic N) is 2. The Morgan fingerprint density at radius 3 is 3.00 bits per heavy atom. The standard InChI is InChI=1S/C13H10N2O3S2/c1-15-10-5-3-2-4-9(10)12-13(20(15,16)17)11-8(7-19-12)6-18-14-11/h2-6H,7H2,1H3. The van der Waals surface area contributed by atoms with Crippen LogP contribution in [0.4, 0.5) is 5.69 Å². The molecule has 0 radical (unpaired) electrons. The third-order valence-electron chi connectivity index (χ3n) is 3.54. The van der Waals surface area contributed by atoms with Crippen LogP contribution in [0.5, 0.6) is 0 Å². The van der Waals surface area contributed by atoms with E-state index in [0.717, 1.165) is 16.0 Å². The molecule has 20 heavy (non-hydrogen) atoms. The fourth-order valence-corrected chi connectivity index (χ4v) is 5.52. The van der Waals surface area contributed by atoms with Gasteiger partial charge in [-0.15, -0.1) is 11.8 Å². The fraction of sp³-hybridized carbons (Fsp3) is 0.154. The number of hydrogen-bond donors (Lipinski definition) is 0. The van der Waals surface area contributed by atoms with Crippen molar-refractivity contribution in [1.29, 1.82) is 0 Å². The highest BCUT2D eigenvalue weighted by Crippen LogP contribution is 2.51. The molecule has 0 amide bonds. The summed E-state index contributed by atoms with van der Waals surface area (Å²) in [7, 11) is -2.02. The molecule has 2 aliphatic heterocycles. The minimum atomic E-state index is -3.59. The topological polar surface area (TPSA) is 63.4 Å². The summed E-state index contributed by atoms with van der Waals surface area (Å²) in [4.78, 5) is 1.03. The van der Waals surface area contributed by atoms with Crippen molar-refractivity contribution in [2.45, 2.75) is 5.75 Å². The SMILES string of the molecule is CN1c2ccccc2C2=C(c3nocc3CS2)S1(=O)=O. The van der Waals surface area contributed by atoms with E-state index in [1.165, 1.54) is 22.3 Å². The molecule has 5 nitrogen and oxygen atoms in total. The van der Waals surface area contributed by atoms with Crippen molar-refractivity contribution >= 4 is 37.3 Å². The first-order valence-electron chi connectivity index (χ1n) is 6.00. The largest absolute Gasteiger partial charge is 0.364 e. The summed E-state index contributed by atoms with van der Waals surface area (Å²) in [6.45, 7) is 0. The molecule has 0 saturated carbocycles. The molecule has 102 valence electrons. The van der Waals surface area contributed by atoms with Gasteiger partial charge in [0, 0.05) is 28.8 Å². The summed E-state index contributed by atoms with van der Waals surface area (Å²) in [5, 5.41) is 3.89. The van der Waals surface area contributed by atoms with E-state index in [4.69, 9.17) is 4.52 Å². The third kappa shape index (κ3) is 1.39. The Balaban J connectivity index is 2.13. The van der Waals surface area contributed by atoms with E-state index in [-0.39, 0.29) is 4.91 Å². The minimum Gasteiger partial charge on any atom is -0.364 e. The molecule has 2 aromatic rings. The average Bonchev–Trinajstić information content (AvgIpc) is 2.92. The summed E-state index contributed by atoms with van der Waals surface area (Å²) in [6, 6.07) is 7.50. The maximum absolute atomic E-state index is 12.7. The molecule has 0 spiro atoms. The number of hydrogen-bond acceptors (Lipinski definition) is 5. The molecule has 4 rings (SSSR count). The predicted molar refractivity (Wildman–Crippen MR) is 78.4 cm³/mol. The molecule has 0 unspecified atom stereocenters. The van der Waals surface area contributed by atoms with Gasteiger partial charge in [0.2, 0.25) is 0 Å². The Labute approximate surface area is 120 Å². The lowest BCUT2D eigenvalue weighted by Crippen LogP contribution is -2.32. The first-order valence-corrected chi connectivity index (χ1v) is 8.42. The molecule has 0 aliphatic carbocycles. The number of benzene rings is 1. The van der Waals surface area contributed by atoms with E-state index in [9.17, 15) is 8.42 Å². The number of para-hydroxylation sites is 1. The van der Waals surface area contributed by atoms with Crippen LogP contribution in [-0.2, 0) is 15.8 Å². The van der Waals surface area contributed by atoms with Gasteiger partial charge in [0.1, 0.15) is 16.9 Å². The van der Waals surface area contributed by atoms with Gasteiger partial charge >= 0.3 is 0 Å². The van der Waals surface area contributed by atoms with Crippen molar-refractivity contribution in [3.8, 4) is 0 Å². The number of anilines is 1. The zero-order valence-corrected chi connectivity index (χ0v) is 12.2. The van der Waals surface area contributed by atoms with Crippen LogP contribution >= 0.6 is 11.8 Å². The van der Waals surface area contributed by atoms with E-state index < -0.39 is 10.0 Å². The lowest BCUT2D eigenvalue weighted by atomic mass is 10.1. The van der Waals surface area contributed by atoms with Crippen molar-refractivity contribution in [3.63, 3.8) is 0 Å². The molecule has 1 aromatic carbocycles. The van der Waals surface area contributed by atoms with Crippen LogP contribution < -0.4 is 4.31 Å². The van der Waals surface area contributed by atoms with E-state index in [1.807, 2.05) is 24.3 Å². The van der Waals surface area contributed by atoms with Gasteiger partial charge in [-0.3, -0.25) is 4.31 Å². The lowest BCUT2D eigenvalue weighted by molar-refractivity contribution is 0.417. The maximum atomic E-state index is 12.7. The van der Waals surface area contributed by atoms with Gasteiger partial charge < -0.3 is 4.52 Å². The van der Waals surface area contributed by atoms with Crippen molar-refractivity contribution in [1.82, 2.24) is 5.16 Å². The van der Waals surface area contributed by atoms with Gasteiger partial charge in [-0.25, -0.2) is 8.42 Å². The number of fused-ring (bicyclic) bond motifs is 4. The molecular formula is C13H10N2O3S2. The molecule has 0 N–H and O–H groups in total. The van der Waals surface area contributed by atoms with Crippen LogP contribution in [-0.4, -0.2) is 20.6 Å². The van der Waals surface area contributed by atoms with Crippen molar-refractivity contribution in [2.24, 2.45) is 0 Å². The van der Waals surface area contributed by atoms with E-state index in [2.05, 4.69) is 5.16 Å². The lowest BCUT2D eigenvalue weighted by Gasteiger charge is -2.31. The Hall–Kier alpha value is -1.73. The highest BCUT2D eigenvalue weighted by atomic mass is 32.2. The fourth-order valence-electron chi connectivity index (χ4n) is 2.52. The van der Waals surface area contributed by atoms with Crippen LogP contribution in [0.2, 0.25) is 0 Å². The van der Waals surface area contributed by atoms with E-state index >= 15 is 0 Å². The van der Waals surface area contributed by atoms with E-state index in [1.54, 1.807) is 7.05 Å². The quantitative estimate of drug-likeness (QED) is 0.748. The molecule has 0 saturated heterocycles. The highest BCUT2D eigenvalue weighted by molar-refractivity contribution is 8.11. The summed E-state index contributed by atoms with van der Waals surface area (Å²) in [5.74, 6) is 0.672. The molecule has 0 bridgehead atoms. The maximum Gasteiger partial charge on any atom is 0.267 e. The first kappa shape index (κ1) is 12.0. The number of thioether (sulfide) groups is 1. The number of aromatic nitrogens is 1. The molecule has 3 heterocycles. The Bertz CT molecular complexity index is 852. The van der Waals surface area contributed by atoms with Gasteiger partial charge in [0.05, 0.1) is 5.69 Å². The first-order chi connectivity index (χ1) is 9.60. The zero-order chi connectivity index (χ0) is 13.9. The second kappa shape index (κ2) is 3.89. The average molecular weight is 306 g/mol. The third-order valence-corrected chi connectivity index (χ3v) is 6.67. The van der Waals surface area contributed by atoms with Crippen molar-refractivity contribution < 1.29 is 12.9 Å². The predicted octanol–water partition coefficient (Wildman–Crippen LogP) is 2.53. The molecule has 0 atom stereocenters. The Morgan fingerprint density at radius 1 is 1.35 bits per heavy atom. The van der Waals surface area contributed by atoms with E-state index in [0.29, 0.717) is 17.1 Å². The van der Waals surface area contributed by atoms with Gasteiger partial charge in [-0.1, -0.05) is 23.4 Å². The second-order valence-corrected chi connectivity index (χ2v) is 7.52. The van der Waals surface area contributed by atoms with Gasteiger partial charge in [0.15, 0.2) is 0 Å². The molecular weight excluding hydrogens is 296 g/mol. The van der Waals surface area contributed by atoms with Crippen molar-refractivity contribution in [2.75, 3.05) is 11.4 Å². The Kier molecular flexibility index (Phi) is 2.34. The monoisotopic (exact) mass is 306 g/mol.